The largest absolute Gasteiger partial charge is 0.311 e. The van der Waals surface area contributed by atoms with Crippen LogP contribution in [-0.4, -0.2) is 12.6 Å². The van der Waals surface area contributed by atoms with E-state index >= 15 is 0 Å². The number of hydrogen-bond acceptors (Lipinski definition) is 1. The smallest absolute Gasteiger partial charge is 0.123 e. The first-order valence-corrected chi connectivity index (χ1v) is 5.91. The first-order chi connectivity index (χ1) is 7.25. The second kappa shape index (κ2) is 4.90. The second-order valence-corrected chi connectivity index (χ2v) is 4.58. The van der Waals surface area contributed by atoms with Crippen LogP contribution in [0.3, 0.4) is 0 Å². The summed E-state index contributed by atoms with van der Waals surface area (Å²) in [7, 11) is 0. The van der Waals surface area contributed by atoms with Crippen molar-refractivity contribution in [3.63, 3.8) is 0 Å². The van der Waals surface area contributed by atoms with Crippen LogP contribution in [0.4, 0.5) is 4.39 Å². The summed E-state index contributed by atoms with van der Waals surface area (Å²) in [5.74, 6) is -0.197. The molecule has 1 atom stereocenters. The Morgan fingerprint density at radius 2 is 2.33 bits per heavy atom. The van der Waals surface area contributed by atoms with Gasteiger partial charge in [0.25, 0.3) is 0 Å². The van der Waals surface area contributed by atoms with Crippen LogP contribution >= 0.6 is 15.9 Å². The molecule has 1 aliphatic heterocycles. The highest BCUT2D eigenvalue weighted by molar-refractivity contribution is 9.10. The third kappa shape index (κ3) is 2.89. The summed E-state index contributed by atoms with van der Waals surface area (Å²) < 4.78 is 13.9. The van der Waals surface area contributed by atoms with E-state index in [-0.39, 0.29) is 5.82 Å². The van der Waals surface area contributed by atoms with Gasteiger partial charge < -0.3 is 5.32 Å². The van der Waals surface area contributed by atoms with Crippen molar-refractivity contribution in [2.24, 2.45) is 0 Å². The van der Waals surface area contributed by atoms with Crippen molar-refractivity contribution in [1.82, 2.24) is 5.32 Å². The van der Waals surface area contributed by atoms with E-state index in [1.54, 1.807) is 6.07 Å². The minimum Gasteiger partial charge on any atom is -0.311 e. The van der Waals surface area contributed by atoms with E-state index in [0.717, 1.165) is 16.6 Å². The first-order valence-electron chi connectivity index (χ1n) is 5.12. The predicted molar refractivity (Wildman–Crippen MR) is 64.2 cm³/mol. The van der Waals surface area contributed by atoms with E-state index in [1.165, 1.54) is 25.0 Å². The quantitative estimate of drug-likeness (QED) is 0.869. The van der Waals surface area contributed by atoms with E-state index < -0.39 is 0 Å². The van der Waals surface area contributed by atoms with Gasteiger partial charge in [-0.1, -0.05) is 28.1 Å². The van der Waals surface area contributed by atoms with Crippen molar-refractivity contribution in [3.8, 4) is 0 Å². The topological polar surface area (TPSA) is 12.0 Å². The maximum Gasteiger partial charge on any atom is 0.123 e. The van der Waals surface area contributed by atoms with Crippen LogP contribution in [0.15, 0.2) is 28.7 Å². The Morgan fingerprint density at radius 3 is 3.07 bits per heavy atom. The molecule has 1 nitrogen and oxygen atoms in total. The van der Waals surface area contributed by atoms with Gasteiger partial charge in [-0.05, 0) is 43.1 Å². The first kappa shape index (κ1) is 10.8. The molecule has 0 amide bonds. The van der Waals surface area contributed by atoms with Crippen molar-refractivity contribution in [2.75, 3.05) is 6.54 Å². The van der Waals surface area contributed by atoms with Crippen molar-refractivity contribution in [2.45, 2.75) is 18.9 Å². The van der Waals surface area contributed by atoms with Crippen LogP contribution < -0.4 is 5.32 Å². The Bertz CT molecular complexity index is 370. The van der Waals surface area contributed by atoms with Gasteiger partial charge in [-0.2, -0.15) is 0 Å². The molecule has 1 N–H and O–H groups in total. The number of rotatable bonds is 2. The second-order valence-electron chi connectivity index (χ2n) is 3.73. The summed E-state index contributed by atoms with van der Waals surface area (Å²) in [6.45, 7) is 1.08. The zero-order valence-electron chi connectivity index (χ0n) is 8.34. The molecular formula is C12H13BrFN. The van der Waals surface area contributed by atoms with Gasteiger partial charge in [0.1, 0.15) is 5.82 Å². The Kier molecular flexibility index (Phi) is 3.54. The van der Waals surface area contributed by atoms with Crippen molar-refractivity contribution in [3.05, 3.63) is 40.1 Å². The summed E-state index contributed by atoms with van der Waals surface area (Å²) in [6, 6.07) is 5.17. The van der Waals surface area contributed by atoms with Crippen LogP contribution in [0.1, 0.15) is 18.4 Å². The molecule has 1 heterocycles. The minimum atomic E-state index is -0.197. The van der Waals surface area contributed by atoms with Crippen LogP contribution in [0.25, 0.3) is 6.08 Å². The molecule has 0 radical (unpaired) electrons. The molecular weight excluding hydrogens is 257 g/mol. The van der Waals surface area contributed by atoms with Crippen LogP contribution in [0.2, 0.25) is 0 Å². The number of nitrogens with one attached hydrogen (secondary N) is 1. The standard InChI is InChI=1S/C12H13BrFN/c13-12-6-4-10(14)8-9(12)3-5-11-2-1-7-15-11/h3-6,8,11,15H,1-2,7H2/b5-3+/t11-/m1/s1. The fourth-order valence-electron chi connectivity index (χ4n) is 1.74. The zero-order valence-corrected chi connectivity index (χ0v) is 9.93. The van der Waals surface area contributed by atoms with Gasteiger partial charge in [0.2, 0.25) is 0 Å². The predicted octanol–water partition coefficient (Wildman–Crippen LogP) is 3.35. The summed E-state index contributed by atoms with van der Waals surface area (Å²) >= 11 is 3.40. The molecule has 0 spiro atoms. The molecule has 1 aromatic carbocycles. The van der Waals surface area contributed by atoms with Gasteiger partial charge in [0.05, 0.1) is 0 Å². The normalized spacial score (nSPS) is 21.3. The lowest BCUT2D eigenvalue weighted by Gasteiger charge is -2.03. The molecule has 2 rings (SSSR count). The molecule has 80 valence electrons. The molecule has 1 aromatic rings. The van der Waals surface area contributed by atoms with Crippen LogP contribution in [0, 0.1) is 5.82 Å². The molecule has 1 saturated heterocycles. The monoisotopic (exact) mass is 269 g/mol. The van der Waals surface area contributed by atoms with E-state index in [2.05, 4.69) is 27.3 Å². The molecule has 0 saturated carbocycles. The molecule has 1 aliphatic rings. The molecule has 0 bridgehead atoms. The van der Waals surface area contributed by atoms with Crippen LogP contribution in [0.5, 0.6) is 0 Å². The Labute approximate surface area is 97.5 Å². The Morgan fingerprint density at radius 1 is 1.47 bits per heavy atom. The average Bonchev–Trinajstić information content (AvgIpc) is 2.72. The molecule has 0 unspecified atom stereocenters. The Balaban J connectivity index is 2.11. The van der Waals surface area contributed by atoms with Gasteiger partial charge in [-0.25, -0.2) is 4.39 Å². The van der Waals surface area contributed by atoms with Gasteiger partial charge in [-0.15, -0.1) is 0 Å². The molecule has 3 heteroatoms. The summed E-state index contributed by atoms with van der Waals surface area (Å²) in [5, 5.41) is 3.37. The van der Waals surface area contributed by atoms with Gasteiger partial charge in [0, 0.05) is 10.5 Å². The molecule has 0 aliphatic carbocycles. The average molecular weight is 270 g/mol. The zero-order chi connectivity index (χ0) is 10.7. The lowest BCUT2D eigenvalue weighted by atomic mass is 10.1. The summed E-state index contributed by atoms with van der Waals surface area (Å²) in [5.41, 5.74) is 0.892. The van der Waals surface area contributed by atoms with Gasteiger partial charge in [0.15, 0.2) is 0 Å². The number of benzene rings is 1. The van der Waals surface area contributed by atoms with Crippen molar-refractivity contribution >= 4 is 22.0 Å². The SMILES string of the molecule is Fc1ccc(Br)c(/C=C/[C@H]2CCCN2)c1. The number of hydrogen-bond donors (Lipinski definition) is 1. The molecule has 1 fully saturated rings. The summed E-state index contributed by atoms with van der Waals surface area (Å²) in [4.78, 5) is 0. The maximum atomic E-state index is 13.0. The maximum absolute atomic E-state index is 13.0. The van der Waals surface area contributed by atoms with Crippen LogP contribution in [-0.2, 0) is 0 Å². The lowest BCUT2D eigenvalue weighted by Crippen LogP contribution is -2.17. The molecule has 0 aromatic heterocycles. The van der Waals surface area contributed by atoms with E-state index in [9.17, 15) is 4.39 Å². The highest BCUT2D eigenvalue weighted by atomic mass is 79.9. The highest BCUT2D eigenvalue weighted by Crippen LogP contribution is 2.20. The van der Waals surface area contributed by atoms with Crippen molar-refractivity contribution in [1.29, 1.82) is 0 Å². The van der Waals surface area contributed by atoms with E-state index in [1.807, 2.05) is 6.08 Å². The van der Waals surface area contributed by atoms with Crippen molar-refractivity contribution < 1.29 is 4.39 Å². The third-order valence-corrected chi connectivity index (χ3v) is 3.29. The fraction of sp³-hybridized carbons (Fsp3) is 0.333. The Hall–Kier alpha value is -0.670. The fourth-order valence-corrected chi connectivity index (χ4v) is 2.12. The minimum absolute atomic E-state index is 0.197. The lowest BCUT2D eigenvalue weighted by molar-refractivity contribution is 0.627. The van der Waals surface area contributed by atoms with Gasteiger partial charge >= 0.3 is 0 Å². The molecule has 15 heavy (non-hydrogen) atoms. The third-order valence-electron chi connectivity index (χ3n) is 2.56. The van der Waals surface area contributed by atoms with E-state index in [4.69, 9.17) is 0 Å². The number of halogens is 2. The van der Waals surface area contributed by atoms with E-state index in [0.29, 0.717) is 6.04 Å². The highest BCUT2D eigenvalue weighted by Gasteiger charge is 2.09. The van der Waals surface area contributed by atoms with Gasteiger partial charge in [-0.3, -0.25) is 0 Å². The summed E-state index contributed by atoms with van der Waals surface area (Å²) in [6.07, 6.45) is 6.46.